The van der Waals surface area contributed by atoms with Crippen LogP contribution in [0.3, 0.4) is 0 Å². The van der Waals surface area contributed by atoms with Gasteiger partial charge in [0, 0.05) is 11.8 Å². The van der Waals surface area contributed by atoms with Crippen molar-refractivity contribution in [1.82, 2.24) is 0 Å². The van der Waals surface area contributed by atoms with E-state index in [0.29, 0.717) is 0 Å². The Hall–Kier alpha value is -0.470. The minimum absolute atomic E-state index is 0.260. The summed E-state index contributed by atoms with van der Waals surface area (Å²) in [5.41, 5.74) is 8.81. The molecule has 0 fully saturated rings. The lowest BCUT2D eigenvalue weighted by Gasteiger charge is -2.10. The Balaban J connectivity index is 2.39. The standard InChI is InChI=1S/C10H13NS/c11-10-5-6-12-7-8-3-1-2-4-9(8)10/h1-4,10H,5-7,11H2/t10-/m0/s1. The van der Waals surface area contributed by atoms with Gasteiger partial charge < -0.3 is 5.73 Å². The number of nitrogens with two attached hydrogens (primary N) is 1. The maximum atomic E-state index is 6.03. The van der Waals surface area contributed by atoms with Crippen molar-refractivity contribution in [3.8, 4) is 0 Å². The molecule has 1 nitrogen and oxygen atoms in total. The van der Waals surface area contributed by atoms with E-state index in [4.69, 9.17) is 5.73 Å². The summed E-state index contributed by atoms with van der Waals surface area (Å²) < 4.78 is 0. The molecule has 0 aromatic heterocycles. The van der Waals surface area contributed by atoms with Crippen LogP contribution in [0.15, 0.2) is 24.3 Å². The number of rotatable bonds is 0. The summed E-state index contributed by atoms with van der Waals surface area (Å²) in [5, 5.41) is 0. The fourth-order valence-corrected chi connectivity index (χ4v) is 2.62. The third-order valence-corrected chi connectivity index (χ3v) is 3.32. The molecule has 1 atom stereocenters. The lowest BCUT2D eigenvalue weighted by molar-refractivity contribution is 0.705. The van der Waals surface area contributed by atoms with Gasteiger partial charge in [-0.3, -0.25) is 0 Å². The second kappa shape index (κ2) is 3.50. The van der Waals surface area contributed by atoms with Gasteiger partial charge in [-0.2, -0.15) is 11.8 Å². The van der Waals surface area contributed by atoms with Crippen molar-refractivity contribution < 1.29 is 0 Å². The van der Waals surface area contributed by atoms with Crippen LogP contribution < -0.4 is 5.73 Å². The van der Waals surface area contributed by atoms with E-state index in [9.17, 15) is 0 Å². The van der Waals surface area contributed by atoms with Crippen LogP contribution in [0.25, 0.3) is 0 Å². The van der Waals surface area contributed by atoms with Gasteiger partial charge in [0.25, 0.3) is 0 Å². The predicted octanol–water partition coefficient (Wildman–Crippen LogP) is 2.32. The third-order valence-electron chi connectivity index (χ3n) is 2.29. The van der Waals surface area contributed by atoms with Crippen LogP contribution in [0.1, 0.15) is 23.6 Å². The van der Waals surface area contributed by atoms with Gasteiger partial charge in [0.1, 0.15) is 0 Å². The van der Waals surface area contributed by atoms with Crippen LogP contribution in [-0.4, -0.2) is 5.75 Å². The molecule has 0 amide bonds. The molecule has 0 unspecified atom stereocenters. The summed E-state index contributed by atoms with van der Waals surface area (Å²) in [7, 11) is 0. The third kappa shape index (κ3) is 1.50. The highest BCUT2D eigenvalue weighted by atomic mass is 32.2. The number of benzene rings is 1. The zero-order valence-electron chi connectivity index (χ0n) is 6.99. The molecule has 1 aliphatic rings. The summed E-state index contributed by atoms with van der Waals surface area (Å²) in [4.78, 5) is 0. The number of hydrogen-bond donors (Lipinski definition) is 1. The Labute approximate surface area is 77.3 Å². The lowest BCUT2D eigenvalue weighted by Crippen LogP contribution is -2.10. The minimum Gasteiger partial charge on any atom is -0.324 e. The molecule has 1 aliphatic heterocycles. The van der Waals surface area contributed by atoms with Gasteiger partial charge in [-0.1, -0.05) is 24.3 Å². The molecule has 0 spiro atoms. The summed E-state index contributed by atoms with van der Waals surface area (Å²) in [6.07, 6.45) is 1.11. The molecule has 1 aromatic carbocycles. The van der Waals surface area contributed by atoms with E-state index >= 15 is 0 Å². The van der Waals surface area contributed by atoms with E-state index in [1.807, 2.05) is 11.8 Å². The Morgan fingerprint density at radius 2 is 2.17 bits per heavy atom. The Morgan fingerprint density at radius 3 is 3.08 bits per heavy atom. The maximum Gasteiger partial charge on any atom is 0.0305 e. The molecule has 1 aromatic rings. The van der Waals surface area contributed by atoms with Crippen molar-refractivity contribution in [2.24, 2.45) is 5.73 Å². The Kier molecular flexibility index (Phi) is 2.38. The second-order valence-corrected chi connectivity index (χ2v) is 4.25. The van der Waals surface area contributed by atoms with Crippen LogP contribution in [0.5, 0.6) is 0 Å². The lowest BCUT2D eigenvalue weighted by atomic mass is 10.0. The average Bonchev–Trinajstić information content (AvgIpc) is 2.29. The fourth-order valence-electron chi connectivity index (χ4n) is 1.58. The predicted molar refractivity (Wildman–Crippen MR) is 54.1 cm³/mol. The van der Waals surface area contributed by atoms with E-state index in [2.05, 4.69) is 24.3 Å². The average molecular weight is 179 g/mol. The molecule has 0 saturated heterocycles. The van der Waals surface area contributed by atoms with Gasteiger partial charge >= 0.3 is 0 Å². The Morgan fingerprint density at radius 1 is 1.33 bits per heavy atom. The second-order valence-electron chi connectivity index (χ2n) is 3.15. The summed E-state index contributed by atoms with van der Waals surface area (Å²) in [6, 6.07) is 8.78. The zero-order valence-corrected chi connectivity index (χ0v) is 7.81. The molecular formula is C10H13NS. The highest BCUT2D eigenvalue weighted by Gasteiger charge is 2.13. The molecule has 1 heterocycles. The van der Waals surface area contributed by atoms with Crippen molar-refractivity contribution in [2.75, 3.05) is 5.75 Å². The van der Waals surface area contributed by atoms with Gasteiger partial charge in [0.05, 0.1) is 0 Å². The Bertz CT molecular complexity index is 272. The summed E-state index contributed by atoms with van der Waals surface area (Å²) in [6.45, 7) is 0. The van der Waals surface area contributed by atoms with Crippen LogP contribution in [0.4, 0.5) is 0 Å². The van der Waals surface area contributed by atoms with Gasteiger partial charge in [-0.15, -0.1) is 0 Å². The van der Waals surface area contributed by atoms with E-state index in [1.165, 1.54) is 16.9 Å². The number of hydrogen-bond acceptors (Lipinski definition) is 2. The van der Waals surface area contributed by atoms with Gasteiger partial charge in [-0.05, 0) is 23.3 Å². The molecule has 0 bridgehead atoms. The molecule has 2 rings (SSSR count). The zero-order chi connectivity index (χ0) is 8.39. The molecular weight excluding hydrogens is 166 g/mol. The fraction of sp³-hybridized carbons (Fsp3) is 0.400. The SMILES string of the molecule is N[C@H]1CCSCc2ccccc21. The van der Waals surface area contributed by atoms with Crippen LogP contribution >= 0.6 is 11.8 Å². The first kappa shape index (κ1) is 8.14. The molecule has 2 N–H and O–H groups in total. The van der Waals surface area contributed by atoms with Crippen LogP contribution in [0.2, 0.25) is 0 Å². The summed E-state index contributed by atoms with van der Waals surface area (Å²) in [5.74, 6) is 2.32. The van der Waals surface area contributed by atoms with Gasteiger partial charge in [-0.25, -0.2) is 0 Å². The molecule has 0 radical (unpaired) electrons. The smallest absolute Gasteiger partial charge is 0.0305 e. The van der Waals surface area contributed by atoms with E-state index in [0.717, 1.165) is 12.2 Å². The topological polar surface area (TPSA) is 26.0 Å². The minimum atomic E-state index is 0.260. The van der Waals surface area contributed by atoms with E-state index < -0.39 is 0 Å². The number of thioether (sulfide) groups is 1. The highest BCUT2D eigenvalue weighted by Crippen LogP contribution is 2.28. The largest absolute Gasteiger partial charge is 0.324 e. The molecule has 64 valence electrons. The molecule has 0 saturated carbocycles. The molecule has 0 aliphatic carbocycles. The van der Waals surface area contributed by atoms with Crippen molar-refractivity contribution in [2.45, 2.75) is 18.2 Å². The monoisotopic (exact) mass is 179 g/mol. The van der Waals surface area contributed by atoms with Crippen LogP contribution in [0, 0.1) is 0 Å². The van der Waals surface area contributed by atoms with Gasteiger partial charge in [0.2, 0.25) is 0 Å². The van der Waals surface area contributed by atoms with E-state index in [-0.39, 0.29) is 6.04 Å². The highest BCUT2D eigenvalue weighted by molar-refractivity contribution is 7.98. The van der Waals surface area contributed by atoms with Crippen molar-refractivity contribution >= 4 is 11.8 Å². The van der Waals surface area contributed by atoms with Gasteiger partial charge in [0.15, 0.2) is 0 Å². The quantitative estimate of drug-likeness (QED) is 0.661. The maximum absolute atomic E-state index is 6.03. The first-order valence-electron chi connectivity index (χ1n) is 4.29. The number of fused-ring (bicyclic) bond motifs is 1. The first-order valence-corrected chi connectivity index (χ1v) is 5.44. The summed E-state index contributed by atoms with van der Waals surface area (Å²) >= 11 is 1.98. The van der Waals surface area contributed by atoms with Crippen molar-refractivity contribution in [3.05, 3.63) is 35.4 Å². The molecule has 2 heteroatoms. The molecule has 12 heavy (non-hydrogen) atoms. The van der Waals surface area contributed by atoms with E-state index in [1.54, 1.807) is 0 Å². The van der Waals surface area contributed by atoms with Crippen molar-refractivity contribution in [3.63, 3.8) is 0 Å². The first-order chi connectivity index (χ1) is 5.88. The van der Waals surface area contributed by atoms with Crippen LogP contribution in [-0.2, 0) is 5.75 Å². The van der Waals surface area contributed by atoms with Crippen molar-refractivity contribution in [1.29, 1.82) is 0 Å². The normalized spacial score (nSPS) is 22.9.